The molecule has 1 aromatic carbocycles. The Balaban J connectivity index is 2.41. The van der Waals surface area contributed by atoms with E-state index in [1.807, 2.05) is 18.2 Å². The first-order valence-corrected chi connectivity index (χ1v) is 6.64. The summed E-state index contributed by atoms with van der Waals surface area (Å²) in [5.41, 5.74) is 3.01. The van der Waals surface area contributed by atoms with Gasteiger partial charge in [0, 0.05) is 0 Å². The van der Waals surface area contributed by atoms with Gasteiger partial charge in [0.15, 0.2) is 11.5 Å². The van der Waals surface area contributed by atoms with Crippen molar-refractivity contribution < 1.29 is 9.47 Å². The molecule has 1 aliphatic carbocycles. The van der Waals surface area contributed by atoms with E-state index in [9.17, 15) is 5.26 Å². The molecule has 0 unspecified atom stereocenters. The van der Waals surface area contributed by atoms with Crippen LogP contribution in [0.3, 0.4) is 0 Å². The van der Waals surface area contributed by atoms with Gasteiger partial charge < -0.3 is 9.47 Å². The molecule has 19 heavy (non-hydrogen) atoms. The lowest BCUT2D eigenvalue weighted by atomic mass is 9.88. The first-order valence-electron chi connectivity index (χ1n) is 6.64. The number of hydrogen-bond donors (Lipinski definition) is 0. The Morgan fingerprint density at radius 3 is 2.32 bits per heavy atom. The first kappa shape index (κ1) is 13.5. The quantitative estimate of drug-likeness (QED) is 0.770. The number of nitrogens with zero attached hydrogens (tertiary/aromatic N) is 1. The molecule has 0 bridgehead atoms. The summed E-state index contributed by atoms with van der Waals surface area (Å²) in [4.78, 5) is 0. The summed E-state index contributed by atoms with van der Waals surface area (Å²) in [6.07, 6.45) is 5.73. The van der Waals surface area contributed by atoms with Crippen LogP contribution in [-0.2, 0) is 0 Å². The fourth-order valence-electron chi connectivity index (χ4n) is 2.57. The van der Waals surface area contributed by atoms with E-state index in [-0.39, 0.29) is 0 Å². The molecule has 1 aromatic rings. The molecule has 0 saturated heterocycles. The maximum Gasteiger partial charge on any atom is 0.161 e. The van der Waals surface area contributed by atoms with E-state index in [2.05, 4.69) is 6.07 Å². The molecule has 0 aromatic heterocycles. The lowest BCUT2D eigenvalue weighted by Gasteiger charge is -2.16. The average molecular weight is 257 g/mol. The molecule has 0 atom stereocenters. The molecule has 3 heteroatoms. The van der Waals surface area contributed by atoms with Gasteiger partial charge in [0.05, 0.1) is 25.9 Å². The minimum atomic E-state index is 0.671. The van der Waals surface area contributed by atoms with E-state index >= 15 is 0 Å². The van der Waals surface area contributed by atoms with Crippen LogP contribution in [0.5, 0.6) is 11.5 Å². The van der Waals surface area contributed by atoms with Gasteiger partial charge in [-0.2, -0.15) is 5.26 Å². The zero-order valence-electron chi connectivity index (χ0n) is 11.5. The van der Waals surface area contributed by atoms with Crippen molar-refractivity contribution in [2.45, 2.75) is 32.1 Å². The Bertz CT molecular complexity index is 518. The zero-order chi connectivity index (χ0) is 13.7. The van der Waals surface area contributed by atoms with Crippen molar-refractivity contribution in [2.75, 3.05) is 14.2 Å². The first-order chi connectivity index (χ1) is 9.30. The summed E-state index contributed by atoms with van der Waals surface area (Å²) in [5, 5.41) is 9.44. The van der Waals surface area contributed by atoms with Crippen LogP contribution in [0, 0.1) is 11.3 Å². The minimum Gasteiger partial charge on any atom is -0.493 e. The van der Waals surface area contributed by atoms with Crippen molar-refractivity contribution in [1.82, 2.24) is 0 Å². The van der Waals surface area contributed by atoms with Crippen molar-refractivity contribution in [3.63, 3.8) is 0 Å². The van der Waals surface area contributed by atoms with E-state index in [1.54, 1.807) is 14.2 Å². The van der Waals surface area contributed by atoms with E-state index in [4.69, 9.17) is 9.47 Å². The molecule has 2 rings (SSSR count). The highest BCUT2D eigenvalue weighted by Gasteiger charge is 2.14. The number of rotatable bonds is 3. The maximum atomic E-state index is 9.44. The number of allylic oxidation sites excluding steroid dienone is 2. The molecule has 3 nitrogen and oxygen atoms in total. The maximum absolute atomic E-state index is 9.44. The predicted octanol–water partition coefficient (Wildman–Crippen LogP) is 3.95. The smallest absolute Gasteiger partial charge is 0.161 e. The van der Waals surface area contributed by atoms with Crippen molar-refractivity contribution >= 4 is 5.57 Å². The predicted molar refractivity (Wildman–Crippen MR) is 75.2 cm³/mol. The molecule has 0 N–H and O–H groups in total. The molecular weight excluding hydrogens is 238 g/mol. The van der Waals surface area contributed by atoms with Crippen LogP contribution in [0.25, 0.3) is 5.57 Å². The lowest BCUT2D eigenvalue weighted by molar-refractivity contribution is 0.355. The summed E-state index contributed by atoms with van der Waals surface area (Å²) >= 11 is 0. The minimum absolute atomic E-state index is 0.671. The molecule has 0 heterocycles. The number of nitriles is 1. The van der Waals surface area contributed by atoms with Gasteiger partial charge in [-0.3, -0.25) is 0 Å². The second-order valence-corrected chi connectivity index (χ2v) is 4.72. The van der Waals surface area contributed by atoms with Crippen molar-refractivity contribution in [3.8, 4) is 17.6 Å². The second-order valence-electron chi connectivity index (χ2n) is 4.72. The zero-order valence-corrected chi connectivity index (χ0v) is 11.5. The Kier molecular flexibility index (Phi) is 4.46. The van der Waals surface area contributed by atoms with Crippen LogP contribution in [-0.4, -0.2) is 14.2 Å². The van der Waals surface area contributed by atoms with Gasteiger partial charge in [-0.05, 0) is 49.4 Å². The molecule has 1 saturated carbocycles. The standard InChI is InChI=1S/C16H19NO2/c1-18-15-9-8-13(10-16(15)19-2)14(11-17)12-6-4-3-5-7-12/h8-10H,3-7H2,1-2H3. The highest BCUT2D eigenvalue weighted by atomic mass is 16.5. The van der Waals surface area contributed by atoms with E-state index in [1.165, 1.54) is 24.8 Å². The molecule has 0 amide bonds. The van der Waals surface area contributed by atoms with Gasteiger partial charge in [0.25, 0.3) is 0 Å². The molecule has 0 radical (unpaired) electrons. The molecule has 1 aliphatic rings. The fourth-order valence-corrected chi connectivity index (χ4v) is 2.57. The average Bonchev–Trinajstić information content (AvgIpc) is 2.49. The Morgan fingerprint density at radius 1 is 1.05 bits per heavy atom. The monoisotopic (exact) mass is 257 g/mol. The van der Waals surface area contributed by atoms with Crippen LogP contribution in [0.1, 0.15) is 37.7 Å². The highest BCUT2D eigenvalue weighted by molar-refractivity contribution is 5.80. The largest absolute Gasteiger partial charge is 0.493 e. The number of hydrogen-bond acceptors (Lipinski definition) is 3. The van der Waals surface area contributed by atoms with Crippen LogP contribution in [0.4, 0.5) is 0 Å². The summed E-state index contributed by atoms with van der Waals surface area (Å²) in [7, 11) is 3.23. The summed E-state index contributed by atoms with van der Waals surface area (Å²) in [6.45, 7) is 0. The van der Waals surface area contributed by atoms with Gasteiger partial charge in [0.1, 0.15) is 0 Å². The van der Waals surface area contributed by atoms with E-state index in [0.29, 0.717) is 11.5 Å². The third-order valence-electron chi connectivity index (χ3n) is 3.59. The Morgan fingerprint density at radius 2 is 1.74 bits per heavy atom. The van der Waals surface area contributed by atoms with Gasteiger partial charge in [0.2, 0.25) is 0 Å². The molecule has 0 spiro atoms. The van der Waals surface area contributed by atoms with Crippen LogP contribution in [0.2, 0.25) is 0 Å². The van der Waals surface area contributed by atoms with Gasteiger partial charge in [-0.1, -0.05) is 12.0 Å². The topological polar surface area (TPSA) is 42.2 Å². The Labute approximate surface area is 114 Å². The molecule has 0 aliphatic heterocycles. The summed E-state index contributed by atoms with van der Waals surface area (Å²) in [5.74, 6) is 1.36. The van der Waals surface area contributed by atoms with E-state index in [0.717, 1.165) is 24.0 Å². The summed E-state index contributed by atoms with van der Waals surface area (Å²) in [6, 6.07) is 8.04. The lowest BCUT2D eigenvalue weighted by Crippen LogP contribution is -1.98. The van der Waals surface area contributed by atoms with Crippen molar-refractivity contribution in [2.24, 2.45) is 0 Å². The number of ether oxygens (including phenoxy) is 2. The molecule has 1 fully saturated rings. The molecule has 100 valence electrons. The van der Waals surface area contributed by atoms with Gasteiger partial charge >= 0.3 is 0 Å². The van der Waals surface area contributed by atoms with Crippen molar-refractivity contribution in [1.29, 1.82) is 5.26 Å². The van der Waals surface area contributed by atoms with E-state index < -0.39 is 0 Å². The SMILES string of the molecule is COc1ccc(C(C#N)=C2CCCCC2)cc1OC. The second kappa shape index (κ2) is 6.29. The van der Waals surface area contributed by atoms with Crippen LogP contribution < -0.4 is 9.47 Å². The number of methoxy groups -OCH3 is 2. The number of benzene rings is 1. The van der Waals surface area contributed by atoms with Gasteiger partial charge in [-0.15, -0.1) is 0 Å². The van der Waals surface area contributed by atoms with Crippen molar-refractivity contribution in [3.05, 3.63) is 29.3 Å². The summed E-state index contributed by atoms with van der Waals surface area (Å²) < 4.78 is 10.5. The third-order valence-corrected chi connectivity index (χ3v) is 3.59. The van der Waals surface area contributed by atoms with Gasteiger partial charge in [-0.25, -0.2) is 0 Å². The highest BCUT2D eigenvalue weighted by Crippen LogP contribution is 2.34. The Hall–Kier alpha value is -1.95. The van der Waals surface area contributed by atoms with Crippen LogP contribution >= 0.6 is 0 Å². The fraction of sp³-hybridized carbons (Fsp3) is 0.438. The van der Waals surface area contributed by atoms with Crippen LogP contribution in [0.15, 0.2) is 23.8 Å². The third kappa shape index (κ3) is 2.90. The molecular formula is C16H19NO2. The normalized spacial score (nSPS) is 14.7.